The topological polar surface area (TPSA) is 77.7 Å². The molecule has 0 aliphatic rings. The fourth-order valence-electron chi connectivity index (χ4n) is 3.87. The van der Waals surface area contributed by atoms with Crippen molar-refractivity contribution in [1.29, 1.82) is 0 Å². The van der Waals surface area contributed by atoms with Gasteiger partial charge in [0.25, 0.3) is 0 Å². The molecule has 0 aliphatic heterocycles. The maximum absolute atomic E-state index is 13.7. The van der Waals surface area contributed by atoms with Gasteiger partial charge in [-0.25, -0.2) is 0 Å². The molecule has 1 aromatic heterocycles. The number of para-hydroxylation sites is 1. The van der Waals surface area contributed by atoms with E-state index < -0.39 is 6.29 Å². The summed E-state index contributed by atoms with van der Waals surface area (Å²) in [5.41, 5.74) is 9.04. The number of pyridine rings is 1. The number of aromatic nitrogens is 1. The van der Waals surface area contributed by atoms with E-state index in [1.807, 2.05) is 74.5 Å². The van der Waals surface area contributed by atoms with Gasteiger partial charge >= 0.3 is 0 Å². The van der Waals surface area contributed by atoms with Crippen molar-refractivity contribution in [3.63, 3.8) is 0 Å². The number of rotatable bonds is 12. The van der Waals surface area contributed by atoms with Crippen molar-refractivity contribution >= 4 is 16.8 Å². The molecule has 0 spiro atoms. The van der Waals surface area contributed by atoms with Crippen molar-refractivity contribution in [2.45, 2.75) is 33.1 Å². The van der Waals surface area contributed by atoms with Crippen LogP contribution < -0.4 is 5.73 Å². The first-order valence-corrected chi connectivity index (χ1v) is 11.2. The van der Waals surface area contributed by atoms with Crippen molar-refractivity contribution in [1.82, 2.24) is 9.88 Å². The zero-order chi connectivity index (χ0) is 22.8. The third kappa shape index (κ3) is 6.36. The van der Waals surface area contributed by atoms with Crippen LogP contribution in [0.3, 0.4) is 0 Å². The van der Waals surface area contributed by atoms with E-state index in [0.29, 0.717) is 32.7 Å². The van der Waals surface area contributed by atoms with Crippen molar-refractivity contribution < 1.29 is 14.3 Å². The molecule has 2 aromatic carbocycles. The summed E-state index contributed by atoms with van der Waals surface area (Å²) in [6, 6.07) is 20.0. The number of nitrogens with two attached hydrogens (primary N) is 1. The highest BCUT2D eigenvalue weighted by Crippen LogP contribution is 2.20. The number of hydrogen-bond donors (Lipinski definition) is 1. The van der Waals surface area contributed by atoms with Gasteiger partial charge in [-0.1, -0.05) is 54.6 Å². The van der Waals surface area contributed by atoms with Crippen LogP contribution in [-0.4, -0.2) is 48.4 Å². The normalized spacial score (nSPS) is 12.2. The highest BCUT2D eigenvalue weighted by Gasteiger charge is 2.27. The Hall–Kier alpha value is -2.80. The molecule has 0 bridgehead atoms. The molecule has 0 saturated heterocycles. The second kappa shape index (κ2) is 12.3. The first-order valence-electron chi connectivity index (χ1n) is 11.2. The molecule has 1 atom stereocenters. The second-order valence-electron chi connectivity index (χ2n) is 7.67. The van der Waals surface area contributed by atoms with Crippen LogP contribution in [0.25, 0.3) is 10.9 Å². The Labute approximate surface area is 190 Å². The van der Waals surface area contributed by atoms with E-state index in [2.05, 4.69) is 4.98 Å². The lowest BCUT2D eigenvalue weighted by molar-refractivity contribution is -0.162. The Morgan fingerprint density at radius 1 is 1.00 bits per heavy atom. The van der Waals surface area contributed by atoms with Crippen LogP contribution in [0.2, 0.25) is 0 Å². The van der Waals surface area contributed by atoms with Gasteiger partial charge in [0.15, 0.2) is 6.29 Å². The fourth-order valence-corrected chi connectivity index (χ4v) is 3.87. The zero-order valence-corrected chi connectivity index (χ0v) is 18.9. The molecule has 6 nitrogen and oxygen atoms in total. The molecular formula is C26H33N3O3. The van der Waals surface area contributed by atoms with Crippen molar-refractivity contribution in [3.8, 4) is 0 Å². The summed E-state index contributed by atoms with van der Waals surface area (Å²) in [5.74, 6) is -0.335. The summed E-state index contributed by atoms with van der Waals surface area (Å²) in [6.45, 7) is 5.87. The third-order valence-corrected chi connectivity index (χ3v) is 5.42. The molecule has 6 heteroatoms. The monoisotopic (exact) mass is 435 g/mol. The quantitative estimate of drug-likeness (QED) is 0.438. The van der Waals surface area contributed by atoms with E-state index in [1.54, 1.807) is 11.1 Å². The van der Waals surface area contributed by atoms with Crippen LogP contribution in [0.4, 0.5) is 0 Å². The molecule has 0 radical (unpaired) electrons. The molecule has 0 saturated carbocycles. The highest BCUT2D eigenvalue weighted by molar-refractivity contribution is 5.83. The second-order valence-corrected chi connectivity index (χ2v) is 7.67. The number of amides is 1. The summed E-state index contributed by atoms with van der Waals surface area (Å²) in [4.78, 5) is 20.0. The summed E-state index contributed by atoms with van der Waals surface area (Å²) in [6.07, 6.45) is 1.88. The van der Waals surface area contributed by atoms with Crippen molar-refractivity contribution in [3.05, 3.63) is 78.0 Å². The zero-order valence-electron chi connectivity index (χ0n) is 18.9. The van der Waals surface area contributed by atoms with E-state index in [-0.39, 0.29) is 18.4 Å². The van der Waals surface area contributed by atoms with Gasteiger partial charge in [-0.05, 0) is 37.5 Å². The lowest BCUT2D eigenvalue weighted by atomic mass is 9.97. The molecule has 3 rings (SSSR count). The van der Waals surface area contributed by atoms with E-state index in [9.17, 15) is 4.79 Å². The Balaban J connectivity index is 1.88. The third-order valence-electron chi connectivity index (χ3n) is 5.42. The average Bonchev–Trinajstić information content (AvgIpc) is 2.83. The molecule has 1 amide bonds. The standard InChI is InChI=1S/C26H33N3O3/c1-3-31-24(32-4-2)19-29(18-22-13-8-12-21-14-9-15-28-25(21)22)26(30)23(17-27)16-20-10-6-5-7-11-20/h5-15,23-24H,3-4,16-19,27H2,1-2H3/t23-/m1/s1. The molecule has 3 aromatic rings. The van der Waals surface area contributed by atoms with Crippen LogP contribution >= 0.6 is 0 Å². The largest absolute Gasteiger partial charge is 0.351 e. The highest BCUT2D eigenvalue weighted by atomic mass is 16.7. The predicted molar refractivity (Wildman–Crippen MR) is 127 cm³/mol. The van der Waals surface area contributed by atoms with Crippen molar-refractivity contribution in [2.24, 2.45) is 11.7 Å². The molecular weight excluding hydrogens is 402 g/mol. The molecule has 1 heterocycles. The first kappa shape index (κ1) is 23.9. The number of hydrogen-bond acceptors (Lipinski definition) is 5. The lowest BCUT2D eigenvalue weighted by Crippen LogP contribution is -2.44. The van der Waals surface area contributed by atoms with E-state index in [1.165, 1.54) is 0 Å². The van der Waals surface area contributed by atoms with Gasteiger partial charge in [-0.3, -0.25) is 9.78 Å². The van der Waals surface area contributed by atoms with E-state index >= 15 is 0 Å². The summed E-state index contributed by atoms with van der Waals surface area (Å²) in [7, 11) is 0. The lowest BCUT2D eigenvalue weighted by Gasteiger charge is -2.30. The Kier molecular flexibility index (Phi) is 9.16. The Morgan fingerprint density at radius 2 is 1.72 bits per heavy atom. The van der Waals surface area contributed by atoms with E-state index in [0.717, 1.165) is 22.0 Å². The maximum Gasteiger partial charge on any atom is 0.227 e. The number of fused-ring (bicyclic) bond motifs is 1. The molecule has 2 N–H and O–H groups in total. The minimum absolute atomic E-state index is 0.00584. The van der Waals surface area contributed by atoms with Gasteiger partial charge in [-0.15, -0.1) is 0 Å². The van der Waals surface area contributed by atoms with Crippen LogP contribution in [0.5, 0.6) is 0 Å². The number of benzene rings is 2. The minimum Gasteiger partial charge on any atom is -0.351 e. The summed E-state index contributed by atoms with van der Waals surface area (Å²) >= 11 is 0. The molecule has 0 aliphatic carbocycles. The fraction of sp³-hybridized carbons (Fsp3) is 0.385. The molecule has 0 unspecified atom stereocenters. The summed E-state index contributed by atoms with van der Waals surface area (Å²) in [5, 5.41) is 1.04. The van der Waals surface area contributed by atoms with Gasteiger partial charge in [0.05, 0.1) is 18.0 Å². The van der Waals surface area contributed by atoms with Crippen LogP contribution in [0, 0.1) is 5.92 Å². The Bertz CT molecular complexity index is 969. The van der Waals surface area contributed by atoms with Crippen LogP contribution in [0.15, 0.2) is 66.9 Å². The van der Waals surface area contributed by atoms with Crippen molar-refractivity contribution in [2.75, 3.05) is 26.3 Å². The summed E-state index contributed by atoms with van der Waals surface area (Å²) < 4.78 is 11.5. The maximum atomic E-state index is 13.7. The first-order chi connectivity index (χ1) is 15.7. The van der Waals surface area contributed by atoms with Gasteiger partial charge in [0, 0.05) is 37.9 Å². The van der Waals surface area contributed by atoms with E-state index in [4.69, 9.17) is 15.2 Å². The SMILES string of the molecule is CCOC(CN(Cc1cccc2cccnc12)C(=O)[C@@H](CN)Cc1ccccc1)OCC. The predicted octanol–water partition coefficient (Wildman–Crippen LogP) is 3.78. The number of carbonyl (C=O) groups is 1. The smallest absolute Gasteiger partial charge is 0.227 e. The van der Waals surface area contributed by atoms with Gasteiger partial charge in [-0.2, -0.15) is 0 Å². The molecule has 0 fully saturated rings. The number of ether oxygens (including phenoxy) is 2. The van der Waals surface area contributed by atoms with Crippen LogP contribution in [0.1, 0.15) is 25.0 Å². The van der Waals surface area contributed by atoms with Gasteiger partial charge < -0.3 is 20.1 Å². The molecule has 32 heavy (non-hydrogen) atoms. The Morgan fingerprint density at radius 3 is 2.41 bits per heavy atom. The molecule has 170 valence electrons. The number of carbonyl (C=O) groups excluding carboxylic acids is 1. The van der Waals surface area contributed by atoms with Gasteiger partial charge in [0.2, 0.25) is 5.91 Å². The minimum atomic E-state index is -0.493. The van der Waals surface area contributed by atoms with Crippen LogP contribution in [-0.2, 0) is 27.2 Å². The average molecular weight is 436 g/mol. The van der Waals surface area contributed by atoms with Gasteiger partial charge in [0.1, 0.15) is 0 Å². The number of nitrogens with zero attached hydrogens (tertiary/aromatic N) is 2.